The Morgan fingerprint density at radius 2 is 1.90 bits per heavy atom. The van der Waals surface area contributed by atoms with E-state index in [9.17, 15) is 4.79 Å². The highest BCUT2D eigenvalue weighted by atomic mass is 16.4. The molecule has 0 atom stereocenters. The van der Waals surface area contributed by atoms with Gasteiger partial charge < -0.3 is 16.2 Å². The van der Waals surface area contributed by atoms with Crippen LogP contribution in [0.1, 0.15) is 27.0 Å². The second-order valence-electron chi connectivity index (χ2n) is 4.84. The molecule has 2 aromatic carbocycles. The van der Waals surface area contributed by atoms with E-state index in [-0.39, 0.29) is 5.56 Å². The third-order valence-corrected chi connectivity index (χ3v) is 3.36. The van der Waals surface area contributed by atoms with Crippen LogP contribution >= 0.6 is 0 Å². The van der Waals surface area contributed by atoms with Crippen molar-refractivity contribution in [3.05, 3.63) is 58.7 Å². The van der Waals surface area contributed by atoms with Gasteiger partial charge in [0.25, 0.3) is 0 Å². The Hall–Kier alpha value is -2.49. The van der Waals surface area contributed by atoms with Crippen LogP contribution in [0.15, 0.2) is 36.4 Å². The van der Waals surface area contributed by atoms with Crippen molar-refractivity contribution < 1.29 is 9.90 Å². The molecule has 104 valence electrons. The van der Waals surface area contributed by atoms with E-state index in [1.54, 1.807) is 13.0 Å². The summed E-state index contributed by atoms with van der Waals surface area (Å²) in [5.74, 6) is -1.01. The van der Waals surface area contributed by atoms with Crippen LogP contribution in [0, 0.1) is 13.8 Å². The van der Waals surface area contributed by atoms with Gasteiger partial charge in [-0.3, -0.25) is 0 Å². The van der Waals surface area contributed by atoms with Gasteiger partial charge in [0.05, 0.1) is 5.56 Å². The van der Waals surface area contributed by atoms with Crippen molar-refractivity contribution in [3.63, 3.8) is 0 Å². The first-order valence-corrected chi connectivity index (χ1v) is 6.41. The number of nitrogens with one attached hydrogen (secondary N) is 1. The van der Waals surface area contributed by atoms with E-state index in [0.29, 0.717) is 12.2 Å². The lowest BCUT2D eigenvalue weighted by Crippen LogP contribution is -2.07. The highest BCUT2D eigenvalue weighted by molar-refractivity contribution is 5.95. The highest BCUT2D eigenvalue weighted by Gasteiger charge is 2.11. The summed E-state index contributed by atoms with van der Waals surface area (Å²) in [6.45, 7) is 4.50. The Bertz CT molecular complexity index is 651. The molecule has 0 heterocycles. The van der Waals surface area contributed by atoms with E-state index in [4.69, 9.17) is 10.8 Å². The lowest BCUT2D eigenvalue weighted by Gasteiger charge is -2.12. The molecule has 2 rings (SSSR count). The molecule has 0 amide bonds. The molecule has 0 aliphatic rings. The Balaban J connectivity index is 2.22. The molecule has 4 nitrogen and oxygen atoms in total. The van der Waals surface area contributed by atoms with Gasteiger partial charge >= 0.3 is 5.97 Å². The van der Waals surface area contributed by atoms with Crippen molar-refractivity contribution in [2.45, 2.75) is 20.4 Å². The monoisotopic (exact) mass is 270 g/mol. The first-order chi connectivity index (χ1) is 9.49. The van der Waals surface area contributed by atoms with Crippen molar-refractivity contribution in [1.29, 1.82) is 0 Å². The van der Waals surface area contributed by atoms with Crippen LogP contribution in [-0.4, -0.2) is 11.1 Å². The van der Waals surface area contributed by atoms with Crippen LogP contribution in [0.5, 0.6) is 0 Å². The summed E-state index contributed by atoms with van der Waals surface area (Å²) < 4.78 is 0. The first-order valence-electron chi connectivity index (χ1n) is 6.41. The normalized spacial score (nSPS) is 10.3. The summed E-state index contributed by atoms with van der Waals surface area (Å²) in [6, 6.07) is 11.5. The van der Waals surface area contributed by atoms with Gasteiger partial charge in [-0.1, -0.05) is 24.3 Å². The third-order valence-electron chi connectivity index (χ3n) is 3.36. The number of aryl methyl sites for hydroxylation is 2. The molecule has 4 heteroatoms. The fourth-order valence-corrected chi connectivity index (χ4v) is 2.08. The molecule has 0 aliphatic heterocycles. The first kappa shape index (κ1) is 13.9. The number of carbonyl (C=O) groups is 1. The molecule has 0 saturated carbocycles. The molecular formula is C16H18N2O2. The van der Waals surface area contributed by atoms with Gasteiger partial charge in [-0.25, -0.2) is 4.79 Å². The van der Waals surface area contributed by atoms with Gasteiger partial charge in [-0.15, -0.1) is 0 Å². The highest BCUT2D eigenvalue weighted by Crippen LogP contribution is 2.23. The zero-order valence-corrected chi connectivity index (χ0v) is 11.6. The topological polar surface area (TPSA) is 75.3 Å². The van der Waals surface area contributed by atoms with Gasteiger partial charge in [0.1, 0.15) is 0 Å². The van der Waals surface area contributed by atoms with Crippen LogP contribution in [0.3, 0.4) is 0 Å². The largest absolute Gasteiger partial charge is 0.478 e. The van der Waals surface area contributed by atoms with E-state index in [0.717, 1.165) is 11.3 Å². The number of carboxylic acids is 1. The van der Waals surface area contributed by atoms with Crippen LogP contribution < -0.4 is 11.1 Å². The van der Waals surface area contributed by atoms with E-state index >= 15 is 0 Å². The minimum atomic E-state index is -1.01. The number of carboxylic acid groups (broad SMARTS) is 1. The molecule has 0 spiro atoms. The number of anilines is 2. The summed E-state index contributed by atoms with van der Waals surface area (Å²) in [5, 5.41) is 12.4. The standard InChI is InChI=1S/C16H18N2O2/c1-10-5-3-4-6-12(10)9-18-13-7-11(2)15(17)14(8-13)16(19)20/h3-8,18H,9,17H2,1-2H3,(H,19,20). The lowest BCUT2D eigenvalue weighted by atomic mass is 10.1. The molecule has 0 radical (unpaired) electrons. The second-order valence-corrected chi connectivity index (χ2v) is 4.84. The maximum atomic E-state index is 11.1. The zero-order chi connectivity index (χ0) is 14.7. The summed E-state index contributed by atoms with van der Waals surface area (Å²) in [6.07, 6.45) is 0. The molecule has 0 aliphatic carbocycles. The van der Waals surface area contributed by atoms with Gasteiger partial charge in [-0.05, 0) is 42.7 Å². The fraction of sp³-hybridized carbons (Fsp3) is 0.188. The number of hydrogen-bond acceptors (Lipinski definition) is 3. The quantitative estimate of drug-likeness (QED) is 0.746. The predicted octanol–water partition coefficient (Wildman–Crippen LogP) is 3.20. The molecule has 20 heavy (non-hydrogen) atoms. The van der Waals surface area contributed by atoms with Crippen LogP contribution in [0.25, 0.3) is 0 Å². The van der Waals surface area contributed by atoms with E-state index in [1.165, 1.54) is 11.1 Å². The van der Waals surface area contributed by atoms with E-state index in [2.05, 4.69) is 5.32 Å². The Labute approximate surface area is 118 Å². The van der Waals surface area contributed by atoms with Crippen LogP contribution in [-0.2, 0) is 6.54 Å². The van der Waals surface area contributed by atoms with Crippen molar-refractivity contribution >= 4 is 17.3 Å². The predicted molar refractivity (Wildman–Crippen MR) is 81.1 cm³/mol. The second kappa shape index (κ2) is 5.65. The number of aromatic carboxylic acids is 1. The molecule has 0 fully saturated rings. The number of benzene rings is 2. The van der Waals surface area contributed by atoms with Crippen LogP contribution in [0.4, 0.5) is 11.4 Å². The maximum absolute atomic E-state index is 11.1. The average Bonchev–Trinajstić information content (AvgIpc) is 2.41. The molecule has 4 N–H and O–H groups in total. The smallest absolute Gasteiger partial charge is 0.337 e. The Kier molecular flexibility index (Phi) is 3.94. The number of hydrogen-bond donors (Lipinski definition) is 3. The van der Waals surface area contributed by atoms with E-state index in [1.807, 2.05) is 37.3 Å². The Morgan fingerprint density at radius 1 is 1.20 bits per heavy atom. The fourth-order valence-electron chi connectivity index (χ4n) is 2.08. The van der Waals surface area contributed by atoms with Gasteiger partial charge in [-0.2, -0.15) is 0 Å². The molecule has 0 aromatic heterocycles. The SMILES string of the molecule is Cc1ccccc1CNc1cc(C)c(N)c(C(=O)O)c1. The van der Waals surface area contributed by atoms with Crippen molar-refractivity contribution in [3.8, 4) is 0 Å². The Morgan fingerprint density at radius 3 is 2.55 bits per heavy atom. The number of nitrogens with two attached hydrogens (primary N) is 1. The molecule has 0 saturated heterocycles. The van der Waals surface area contributed by atoms with Gasteiger partial charge in [0.15, 0.2) is 0 Å². The van der Waals surface area contributed by atoms with Gasteiger partial charge in [0, 0.05) is 17.9 Å². The van der Waals surface area contributed by atoms with Gasteiger partial charge in [0.2, 0.25) is 0 Å². The lowest BCUT2D eigenvalue weighted by molar-refractivity contribution is 0.0698. The maximum Gasteiger partial charge on any atom is 0.337 e. The van der Waals surface area contributed by atoms with Crippen molar-refractivity contribution in [1.82, 2.24) is 0 Å². The van der Waals surface area contributed by atoms with E-state index < -0.39 is 5.97 Å². The summed E-state index contributed by atoms with van der Waals surface area (Å²) in [4.78, 5) is 11.1. The molecule has 2 aromatic rings. The van der Waals surface area contributed by atoms with Crippen molar-refractivity contribution in [2.75, 3.05) is 11.1 Å². The minimum absolute atomic E-state index is 0.136. The third kappa shape index (κ3) is 2.91. The molecular weight excluding hydrogens is 252 g/mol. The summed E-state index contributed by atoms with van der Waals surface area (Å²) in [5.41, 5.74) is 10.1. The molecule has 0 unspecified atom stereocenters. The minimum Gasteiger partial charge on any atom is -0.478 e. The van der Waals surface area contributed by atoms with Crippen molar-refractivity contribution in [2.24, 2.45) is 0 Å². The average molecular weight is 270 g/mol. The zero-order valence-electron chi connectivity index (χ0n) is 11.6. The summed E-state index contributed by atoms with van der Waals surface area (Å²) in [7, 11) is 0. The van der Waals surface area contributed by atoms with Crippen LogP contribution in [0.2, 0.25) is 0 Å². The number of nitrogen functional groups attached to an aromatic ring is 1. The molecule has 0 bridgehead atoms. The summed E-state index contributed by atoms with van der Waals surface area (Å²) >= 11 is 0. The number of rotatable bonds is 4.